The van der Waals surface area contributed by atoms with Crippen molar-refractivity contribution >= 4 is 19.4 Å². The Morgan fingerprint density at radius 1 is 0.367 bits per heavy atom. The molecule has 4 heteroatoms. The third-order valence-corrected chi connectivity index (χ3v) is 15.0. The highest BCUT2D eigenvalue weighted by Gasteiger charge is 2.30. The molecule has 4 aliphatic rings. The predicted molar refractivity (Wildman–Crippen MR) is 138 cm³/mol. The van der Waals surface area contributed by atoms with Gasteiger partial charge < -0.3 is 9.13 Å². The van der Waals surface area contributed by atoms with Crippen molar-refractivity contribution in [3.05, 3.63) is 0 Å². The summed E-state index contributed by atoms with van der Waals surface area (Å²) in [6, 6.07) is 7.31. The van der Waals surface area contributed by atoms with Gasteiger partial charge in [0.05, 0.1) is 19.4 Å². The summed E-state index contributed by atoms with van der Waals surface area (Å²) >= 11 is 0. The lowest BCUT2D eigenvalue weighted by Gasteiger charge is -2.43. The lowest BCUT2D eigenvalue weighted by molar-refractivity contribution is 0.168. The summed E-state index contributed by atoms with van der Waals surface area (Å²) < 4.78 is 6.41. The zero-order valence-corrected chi connectivity index (χ0v) is 23.0. The molecule has 0 N–H and O–H groups in total. The molecule has 0 aliphatic heterocycles. The number of hydrogen-bond acceptors (Lipinski definition) is 2. The first-order chi connectivity index (χ1) is 14.9. The zero-order chi connectivity index (χ0) is 20.4. The zero-order valence-electron chi connectivity index (χ0n) is 20.2. The molecule has 0 aromatic carbocycles. The molecule has 0 unspecified atom stereocenters. The van der Waals surface area contributed by atoms with Crippen LogP contribution in [0.2, 0.25) is 12.1 Å². The van der Waals surface area contributed by atoms with Crippen molar-refractivity contribution in [3.8, 4) is 0 Å². The van der Waals surface area contributed by atoms with Crippen LogP contribution < -0.4 is 0 Å². The molecular formula is C26H52N2Si2. The lowest BCUT2D eigenvalue weighted by atomic mass is 9.91. The van der Waals surface area contributed by atoms with E-state index in [2.05, 4.69) is 9.13 Å². The van der Waals surface area contributed by atoms with Crippen LogP contribution in [0.25, 0.3) is 0 Å². The van der Waals surface area contributed by atoms with Crippen molar-refractivity contribution in [1.29, 1.82) is 0 Å². The Morgan fingerprint density at radius 2 is 0.600 bits per heavy atom. The molecule has 4 saturated carbocycles. The average molecular weight is 449 g/mol. The van der Waals surface area contributed by atoms with Crippen LogP contribution in [0.5, 0.6) is 0 Å². The molecule has 0 amide bonds. The van der Waals surface area contributed by atoms with Crippen LogP contribution in [0.4, 0.5) is 0 Å². The Balaban J connectivity index is 1.28. The SMILES string of the molecule is C1CCC(N([SiH2]CC[SiH2]N(C2CCCCC2)C2CCCCC2)C2CCCCC2)CC1. The Kier molecular flexibility index (Phi) is 10.3. The molecule has 0 aromatic heterocycles. The second-order valence-electron chi connectivity index (χ2n) is 11.4. The van der Waals surface area contributed by atoms with Crippen LogP contribution in [0, 0.1) is 0 Å². The van der Waals surface area contributed by atoms with Crippen LogP contribution in [0.15, 0.2) is 0 Å². The normalized spacial score (nSPS) is 27.4. The smallest absolute Gasteiger partial charge is 0.0954 e. The van der Waals surface area contributed by atoms with E-state index in [1.54, 1.807) is 12.1 Å². The maximum Gasteiger partial charge on any atom is 0.0954 e. The van der Waals surface area contributed by atoms with Gasteiger partial charge in [0.15, 0.2) is 0 Å². The molecule has 4 rings (SSSR count). The van der Waals surface area contributed by atoms with Gasteiger partial charge in [-0.05, 0) is 51.4 Å². The van der Waals surface area contributed by atoms with Gasteiger partial charge >= 0.3 is 0 Å². The summed E-state index contributed by atoms with van der Waals surface area (Å²) in [6.45, 7) is 0. The summed E-state index contributed by atoms with van der Waals surface area (Å²) in [6.07, 6.45) is 30.5. The minimum Gasteiger partial charge on any atom is -0.324 e. The van der Waals surface area contributed by atoms with Crippen LogP contribution in [0.1, 0.15) is 128 Å². The standard InChI is InChI=1S/C26H52N2Si2/c1-5-13-23(14-6-1)27(24-15-7-2-8-16-24)29-21-22-30-28(25-17-9-3-10-18-25)26-19-11-4-12-20-26/h23-26H,1-22,29-30H2. The van der Waals surface area contributed by atoms with Crippen molar-refractivity contribution < 1.29 is 0 Å². The van der Waals surface area contributed by atoms with Gasteiger partial charge in [-0.15, -0.1) is 0 Å². The fourth-order valence-corrected chi connectivity index (χ4v) is 13.0. The van der Waals surface area contributed by atoms with Crippen LogP contribution in [0.3, 0.4) is 0 Å². The van der Waals surface area contributed by atoms with Gasteiger partial charge in [0.2, 0.25) is 0 Å². The van der Waals surface area contributed by atoms with Crippen LogP contribution >= 0.6 is 0 Å². The molecule has 0 bridgehead atoms. The van der Waals surface area contributed by atoms with Gasteiger partial charge in [-0.3, -0.25) is 0 Å². The molecule has 4 fully saturated rings. The van der Waals surface area contributed by atoms with Gasteiger partial charge in [-0.25, -0.2) is 0 Å². The average Bonchev–Trinajstić information content (AvgIpc) is 2.84. The fourth-order valence-electron chi connectivity index (χ4n) is 7.57. The van der Waals surface area contributed by atoms with E-state index in [9.17, 15) is 0 Å². The number of nitrogens with zero attached hydrogens (tertiary/aromatic N) is 2. The van der Waals surface area contributed by atoms with Gasteiger partial charge in [0, 0.05) is 24.2 Å². The van der Waals surface area contributed by atoms with Gasteiger partial charge in [0.1, 0.15) is 0 Å². The lowest BCUT2D eigenvalue weighted by Crippen LogP contribution is -2.48. The maximum atomic E-state index is 3.21. The monoisotopic (exact) mass is 448 g/mol. The summed E-state index contributed by atoms with van der Waals surface area (Å²) in [5.74, 6) is 0. The first kappa shape index (κ1) is 23.5. The minimum atomic E-state index is -0.0227. The van der Waals surface area contributed by atoms with Gasteiger partial charge in [-0.1, -0.05) is 89.1 Å². The van der Waals surface area contributed by atoms with E-state index in [4.69, 9.17) is 0 Å². The molecule has 0 spiro atoms. The first-order valence-corrected chi connectivity index (χ1v) is 17.7. The van der Waals surface area contributed by atoms with E-state index in [1.807, 2.05) is 0 Å². The quantitative estimate of drug-likeness (QED) is 0.319. The maximum absolute atomic E-state index is 3.21. The van der Waals surface area contributed by atoms with Crippen LogP contribution in [-0.2, 0) is 0 Å². The molecular weight excluding hydrogens is 396 g/mol. The third kappa shape index (κ3) is 6.92. The van der Waals surface area contributed by atoms with E-state index >= 15 is 0 Å². The second-order valence-corrected chi connectivity index (χ2v) is 15.1. The summed E-state index contributed by atoms with van der Waals surface area (Å²) in [7, 11) is -0.0455. The third-order valence-electron chi connectivity index (χ3n) is 9.26. The Hall–Kier alpha value is 0.354. The predicted octanol–water partition coefficient (Wildman–Crippen LogP) is 5.93. The van der Waals surface area contributed by atoms with E-state index in [1.165, 1.54) is 128 Å². The molecule has 0 heterocycles. The molecule has 0 aromatic rings. The number of rotatable bonds is 9. The highest BCUT2D eigenvalue weighted by Crippen LogP contribution is 2.32. The van der Waals surface area contributed by atoms with Crippen LogP contribution in [-0.4, -0.2) is 52.7 Å². The molecule has 174 valence electrons. The molecule has 0 atom stereocenters. The van der Waals surface area contributed by atoms with Crippen molar-refractivity contribution in [2.24, 2.45) is 0 Å². The first-order valence-electron chi connectivity index (χ1n) is 14.4. The Morgan fingerprint density at radius 3 is 0.833 bits per heavy atom. The molecule has 4 aliphatic carbocycles. The summed E-state index contributed by atoms with van der Waals surface area (Å²) in [5.41, 5.74) is 0. The largest absolute Gasteiger partial charge is 0.324 e. The van der Waals surface area contributed by atoms with E-state index in [0.717, 1.165) is 24.2 Å². The van der Waals surface area contributed by atoms with Crippen molar-refractivity contribution in [3.63, 3.8) is 0 Å². The van der Waals surface area contributed by atoms with Gasteiger partial charge in [0.25, 0.3) is 0 Å². The molecule has 30 heavy (non-hydrogen) atoms. The van der Waals surface area contributed by atoms with Crippen molar-refractivity contribution in [2.45, 2.75) is 165 Å². The summed E-state index contributed by atoms with van der Waals surface area (Å²) in [4.78, 5) is 0. The van der Waals surface area contributed by atoms with Crippen molar-refractivity contribution in [1.82, 2.24) is 9.13 Å². The molecule has 2 nitrogen and oxygen atoms in total. The van der Waals surface area contributed by atoms with E-state index in [0.29, 0.717) is 0 Å². The topological polar surface area (TPSA) is 6.48 Å². The fraction of sp³-hybridized carbons (Fsp3) is 1.00. The highest BCUT2D eigenvalue weighted by atomic mass is 28.2. The van der Waals surface area contributed by atoms with Gasteiger partial charge in [-0.2, -0.15) is 0 Å². The molecule has 0 saturated heterocycles. The Labute approximate surface area is 193 Å². The van der Waals surface area contributed by atoms with E-state index in [-0.39, 0.29) is 19.4 Å². The molecule has 0 radical (unpaired) electrons. The second kappa shape index (κ2) is 13.2. The van der Waals surface area contributed by atoms with Crippen molar-refractivity contribution in [2.75, 3.05) is 0 Å². The minimum absolute atomic E-state index is 0.0227. The van der Waals surface area contributed by atoms with E-state index < -0.39 is 0 Å². The number of hydrogen-bond donors (Lipinski definition) is 0. The highest BCUT2D eigenvalue weighted by molar-refractivity contribution is 6.39. The Bertz CT molecular complexity index is 372. The summed E-state index contributed by atoms with van der Waals surface area (Å²) in [5, 5.41) is 0.